The van der Waals surface area contributed by atoms with Crippen LogP contribution in [0.2, 0.25) is 0 Å². The summed E-state index contributed by atoms with van der Waals surface area (Å²) in [6.45, 7) is 1.68. The molecule has 4 rings (SSSR count). The SMILES string of the molecule is CN1C(=O)C2(CCN(CC(Cc3ccccc3)C(=O)O)CC2)c2cc(F)ccc21. The molecule has 1 N–H and O–H groups in total. The van der Waals surface area contributed by atoms with E-state index < -0.39 is 17.3 Å². The topological polar surface area (TPSA) is 60.9 Å². The van der Waals surface area contributed by atoms with Crippen molar-refractivity contribution in [2.75, 3.05) is 31.6 Å². The summed E-state index contributed by atoms with van der Waals surface area (Å²) in [4.78, 5) is 28.6. The number of rotatable bonds is 5. The van der Waals surface area contributed by atoms with Crippen LogP contribution < -0.4 is 4.90 Å². The first-order valence-corrected chi connectivity index (χ1v) is 9.98. The van der Waals surface area contributed by atoms with Crippen LogP contribution >= 0.6 is 0 Å². The summed E-state index contributed by atoms with van der Waals surface area (Å²) in [7, 11) is 1.74. The molecule has 2 aromatic carbocycles. The van der Waals surface area contributed by atoms with Gasteiger partial charge in [0.1, 0.15) is 5.82 Å². The largest absolute Gasteiger partial charge is 0.481 e. The van der Waals surface area contributed by atoms with E-state index >= 15 is 0 Å². The summed E-state index contributed by atoms with van der Waals surface area (Å²) >= 11 is 0. The van der Waals surface area contributed by atoms with E-state index in [1.165, 1.54) is 12.1 Å². The van der Waals surface area contributed by atoms with E-state index in [-0.39, 0.29) is 11.7 Å². The van der Waals surface area contributed by atoms with E-state index in [1.54, 1.807) is 18.0 Å². The first-order chi connectivity index (χ1) is 13.9. The summed E-state index contributed by atoms with van der Waals surface area (Å²) in [6.07, 6.45) is 1.63. The van der Waals surface area contributed by atoms with Gasteiger partial charge in [-0.3, -0.25) is 9.59 Å². The third-order valence-corrected chi connectivity index (χ3v) is 6.41. The molecule has 29 heavy (non-hydrogen) atoms. The van der Waals surface area contributed by atoms with Crippen molar-refractivity contribution in [3.63, 3.8) is 0 Å². The Labute approximate surface area is 169 Å². The summed E-state index contributed by atoms with van der Waals surface area (Å²) in [6, 6.07) is 14.2. The second-order valence-electron chi connectivity index (χ2n) is 8.13. The van der Waals surface area contributed by atoms with Crippen LogP contribution in [0.4, 0.5) is 10.1 Å². The fraction of sp³-hybridized carbons (Fsp3) is 0.391. The van der Waals surface area contributed by atoms with Crippen LogP contribution in [-0.4, -0.2) is 48.6 Å². The van der Waals surface area contributed by atoms with Crippen molar-refractivity contribution in [2.45, 2.75) is 24.7 Å². The highest BCUT2D eigenvalue weighted by Gasteiger charge is 2.51. The average molecular weight is 396 g/mol. The van der Waals surface area contributed by atoms with Crippen LogP contribution in [0.25, 0.3) is 0 Å². The van der Waals surface area contributed by atoms with Gasteiger partial charge in [-0.1, -0.05) is 30.3 Å². The van der Waals surface area contributed by atoms with Crippen LogP contribution in [0.3, 0.4) is 0 Å². The molecular formula is C23H25FN2O3. The molecule has 1 amide bonds. The predicted octanol–water partition coefficient (Wildman–Crippen LogP) is 3.08. The molecule has 2 aliphatic heterocycles. The number of likely N-dealkylation sites (N-methyl/N-ethyl adjacent to an activating group) is 1. The van der Waals surface area contributed by atoms with Crippen LogP contribution in [0, 0.1) is 11.7 Å². The fourth-order valence-electron chi connectivity index (χ4n) is 4.77. The lowest BCUT2D eigenvalue weighted by Gasteiger charge is -2.39. The number of carboxylic acid groups (broad SMARTS) is 1. The number of hydrogen-bond acceptors (Lipinski definition) is 3. The normalized spacial score (nSPS) is 19.4. The van der Waals surface area contributed by atoms with Gasteiger partial charge in [-0.25, -0.2) is 4.39 Å². The number of halogens is 1. The molecule has 2 heterocycles. The minimum atomic E-state index is -0.807. The molecule has 0 aromatic heterocycles. The Kier molecular flexibility index (Phi) is 5.13. The second kappa shape index (κ2) is 7.59. The minimum absolute atomic E-state index is 0.0109. The van der Waals surface area contributed by atoms with Crippen molar-refractivity contribution in [2.24, 2.45) is 5.92 Å². The number of benzene rings is 2. The number of aliphatic carboxylic acids is 1. The van der Waals surface area contributed by atoms with Gasteiger partial charge < -0.3 is 14.9 Å². The van der Waals surface area contributed by atoms with Gasteiger partial charge in [0.25, 0.3) is 0 Å². The summed E-state index contributed by atoms with van der Waals surface area (Å²) < 4.78 is 13.9. The highest BCUT2D eigenvalue weighted by molar-refractivity contribution is 6.07. The maximum Gasteiger partial charge on any atom is 0.308 e. The molecule has 1 unspecified atom stereocenters. The van der Waals surface area contributed by atoms with E-state index in [1.807, 2.05) is 30.3 Å². The number of carbonyl (C=O) groups is 2. The van der Waals surface area contributed by atoms with E-state index in [4.69, 9.17) is 0 Å². The quantitative estimate of drug-likeness (QED) is 0.844. The van der Waals surface area contributed by atoms with Crippen LogP contribution in [-0.2, 0) is 21.4 Å². The van der Waals surface area contributed by atoms with Gasteiger partial charge in [0.05, 0.1) is 11.3 Å². The van der Waals surface area contributed by atoms with Gasteiger partial charge in [-0.05, 0) is 61.7 Å². The van der Waals surface area contributed by atoms with Gasteiger partial charge in [-0.15, -0.1) is 0 Å². The Hall–Kier alpha value is -2.73. The second-order valence-corrected chi connectivity index (χ2v) is 8.13. The summed E-state index contributed by atoms with van der Waals surface area (Å²) in [5.41, 5.74) is 1.85. The van der Waals surface area contributed by atoms with Gasteiger partial charge in [-0.2, -0.15) is 0 Å². The molecule has 152 valence electrons. The highest BCUT2D eigenvalue weighted by atomic mass is 19.1. The maximum absolute atomic E-state index is 13.9. The zero-order chi connectivity index (χ0) is 20.6. The van der Waals surface area contributed by atoms with Gasteiger partial charge in [0.2, 0.25) is 5.91 Å². The fourth-order valence-corrected chi connectivity index (χ4v) is 4.77. The Bertz CT molecular complexity index is 923. The molecule has 1 atom stereocenters. The lowest BCUT2D eigenvalue weighted by atomic mass is 9.73. The molecule has 2 aliphatic rings. The van der Waals surface area contributed by atoms with Crippen molar-refractivity contribution in [1.82, 2.24) is 4.90 Å². The van der Waals surface area contributed by atoms with Crippen molar-refractivity contribution in [3.05, 3.63) is 65.5 Å². The van der Waals surface area contributed by atoms with E-state index in [0.717, 1.165) is 16.8 Å². The van der Waals surface area contributed by atoms with Gasteiger partial charge in [0.15, 0.2) is 0 Å². The van der Waals surface area contributed by atoms with Crippen LogP contribution in [0.1, 0.15) is 24.0 Å². The molecule has 0 bridgehead atoms. The number of amides is 1. The average Bonchev–Trinajstić information content (AvgIpc) is 2.91. The van der Waals surface area contributed by atoms with E-state index in [0.29, 0.717) is 38.9 Å². The van der Waals surface area contributed by atoms with Crippen LogP contribution in [0.15, 0.2) is 48.5 Å². The number of carboxylic acids is 1. The number of nitrogens with zero attached hydrogens (tertiary/aromatic N) is 2. The van der Waals surface area contributed by atoms with Crippen molar-refractivity contribution in [3.8, 4) is 0 Å². The zero-order valence-electron chi connectivity index (χ0n) is 16.5. The Morgan fingerprint density at radius 3 is 2.52 bits per heavy atom. The number of likely N-dealkylation sites (tertiary alicyclic amines) is 1. The third kappa shape index (κ3) is 3.53. The lowest BCUT2D eigenvalue weighted by molar-refractivity contribution is -0.142. The molecule has 1 spiro atoms. The van der Waals surface area contributed by atoms with Crippen LogP contribution in [0.5, 0.6) is 0 Å². The van der Waals surface area contributed by atoms with Gasteiger partial charge >= 0.3 is 5.97 Å². The van der Waals surface area contributed by atoms with Crippen molar-refractivity contribution in [1.29, 1.82) is 0 Å². The standard InChI is InChI=1S/C23H25FN2O3/c1-25-20-8-7-18(24)14-19(20)23(22(25)29)9-11-26(12-10-23)15-17(21(27)28)13-16-5-3-2-4-6-16/h2-8,14,17H,9-13,15H2,1H3,(H,27,28). The Morgan fingerprint density at radius 1 is 1.17 bits per heavy atom. The summed E-state index contributed by atoms with van der Waals surface area (Å²) in [5, 5.41) is 9.68. The predicted molar refractivity (Wildman–Crippen MR) is 108 cm³/mol. The first kappa shape index (κ1) is 19.6. The molecule has 0 aliphatic carbocycles. The number of carbonyl (C=O) groups excluding carboxylic acids is 1. The Balaban J connectivity index is 1.47. The van der Waals surface area contributed by atoms with Crippen molar-refractivity contribution < 1.29 is 19.1 Å². The minimum Gasteiger partial charge on any atom is -0.481 e. The number of fused-ring (bicyclic) bond motifs is 2. The molecule has 1 saturated heterocycles. The molecular weight excluding hydrogens is 371 g/mol. The molecule has 0 saturated carbocycles. The smallest absolute Gasteiger partial charge is 0.308 e. The van der Waals surface area contributed by atoms with E-state index in [9.17, 15) is 19.1 Å². The summed E-state index contributed by atoms with van der Waals surface area (Å²) in [5.74, 6) is -1.63. The third-order valence-electron chi connectivity index (χ3n) is 6.41. The lowest BCUT2D eigenvalue weighted by Crippen LogP contribution is -2.49. The molecule has 5 nitrogen and oxygen atoms in total. The van der Waals surface area contributed by atoms with Crippen molar-refractivity contribution >= 4 is 17.6 Å². The monoisotopic (exact) mass is 396 g/mol. The number of anilines is 1. The van der Waals surface area contributed by atoms with Gasteiger partial charge in [0, 0.05) is 19.3 Å². The molecule has 1 fully saturated rings. The molecule has 0 radical (unpaired) electrons. The number of piperidine rings is 1. The van der Waals surface area contributed by atoms with E-state index in [2.05, 4.69) is 4.90 Å². The zero-order valence-corrected chi connectivity index (χ0v) is 16.5. The Morgan fingerprint density at radius 2 is 1.86 bits per heavy atom. The highest BCUT2D eigenvalue weighted by Crippen LogP contribution is 2.47. The number of hydrogen-bond donors (Lipinski definition) is 1. The first-order valence-electron chi connectivity index (χ1n) is 9.98. The molecule has 6 heteroatoms. The maximum atomic E-state index is 13.9. The molecule has 2 aromatic rings.